The molecule has 3 amide bonds. The Morgan fingerprint density at radius 1 is 0.828 bits per heavy atom. The molecule has 0 unspecified atom stereocenters. The molecule has 0 bridgehead atoms. The van der Waals surface area contributed by atoms with Crippen LogP contribution in [0.1, 0.15) is 96.7 Å². The molecule has 0 aliphatic heterocycles. The van der Waals surface area contributed by atoms with Crippen LogP contribution >= 0.6 is 0 Å². The number of furan rings is 1. The van der Waals surface area contributed by atoms with E-state index in [4.69, 9.17) is 9.15 Å². The molecule has 2 aliphatic carbocycles. The van der Waals surface area contributed by atoms with E-state index in [0.717, 1.165) is 30.5 Å². The number of carbonyl (C=O) groups is 4. The van der Waals surface area contributed by atoms with Gasteiger partial charge in [-0.3, -0.25) is 14.4 Å². The van der Waals surface area contributed by atoms with Gasteiger partial charge in [0, 0.05) is 37.8 Å². The van der Waals surface area contributed by atoms with E-state index in [1.54, 1.807) is 36.4 Å². The van der Waals surface area contributed by atoms with Crippen LogP contribution in [0.5, 0.6) is 0 Å². The normalized spacial score (nSPS) is 16.5. The Kier molecular flexibility index (Phi) is 13.3. The zero-order chi connectivity index (χ0) is 41.5. The van der Waals surface area contributed by atoms with E-state index in [0.29, 0.717) is 37.3 Å². The third kappa shape index (κ3) is 10.3. The standard InChI is InChI=1S/C44H47F2N3O9/c1-27(51)48-36(23-28-9-3-2-4-10-28)41(53)49-35(40(52)47-17-18-50)24-29-19-31(11-16-43(55)12-5-6-13-43)38-34(22-29)37(39(58-38)44(56)14-7-8-15-44)42(54)57-26-30-20-32(45)25-33(46)21-30/h2-4,9-10,19-22,25,35-36,50,55-56H,5-8,12-15,17-18,23-24,26H2,1H3,(H,47,52)(H,48,51)(H,49,53)/t35-,36-/m0/s1. The summed E-state index contributed by atoms with van der Waals surface area (Å²) in [5, 5.41) is 40.7. The number of aliphatic hydroxyl groups excluding tert-OH is 1. The third-order valence-electron chi connectivity index (χ3n) is 10.5. The minimum absolute atomic E-state index is 0.0501. The van der Waals surface area contributed by atoms with E-state index >= 15 is 0 Å². The lowest BCUT2D eigenvalue weighted by Gasteiger charge is -2.23. The first-order valence-corrected chi connectivity index (χ1v) is 19.5. The number of aliphatic hydroxyl groups is 3. The first-order chi connectivity index (χ1) is 27.8. The van der Waals surface area contributed by atoms with Crippen LogP contribution in [0, 0.1) is 23.5 Å². The molecule has 0 spiro atoms. The second-order valence-corrected chi connectivity index (χ2v) is 15.1. The molecule has 4 aromatic rings. The largest absolute Gasteiger partial charge is 0.457 e. The van der Waals surface area contributed by atoms with Crippen molar-refractivity contribution in [1.29, 1.82) is 0 Å². The van der Waals surface area contributed by atoms with E-state index in [9.17, 15) is 43.3 Å². The number of fused-ring (bicyclic) bond motifs is 1. The van der Waals surface area contributed by atoms with Crippen molar-refractivity contribution in [3.05, 3.63) is 106 Å². The summed E-state index contributed by atoms with van der Waals surface area (Å²) in [6.45, 7) is 0.275. The topological polar surface area (TPSA) is 187 Å². The van der Waals surface area contributed by atoms with Crippen LogP contribution in [-0.2, 0) is 44.2 Å². The molecular weight excluding hydrogens is 752 g/mol. The Morgan fingerprint density at radius 2 is 1.47 bits per heavy atom. The first kappa shape index (κ1) is 42.0. The highest BCUT2D eigenvalue weighted by Crippen LogP contribution is 2.44. The maximum atomic E-state index is 14.1. The lowest BCUT2D eigenvalue weighted by molar-refractivity contribution is -0.131. The number of hydrogen-bond acceptors (Lipinski definition) is 9. The highest BCUT2D eigenvalue weighted by molar-refractivity contribution is 6.06. The summed E-state index contributed by atoms with van der Waals surface area (Å²) in [5.41, 5.74) is -1.46. The van der Waals surface area contributed by atoms with Crippen molar-refractivity contribution in [2.45, 2.75) is 101 Å². The summed E-state index contributed by atoms with van der Waals surface area (Å²) in [7, 11) is 0. The number of benzene rings is 3. The molecule has 2 saturated carbocycles. The Morgan fingerprint density at radius 3 is 2.12 bits per heavy atom. The van der Waals surface area contributed by atoms with Gasteiger partial charge in [0.05, 0.1) is 12.2 Å². The van der Waals surface area contributed by atoms with E-state index in [1.807, 2.05) is 6.07 Å². The van der Waals surface area contributed by atoms with Crippen molar-refractivity contribution in [1.82, 2.24) is 16.0 Å². The minimum atomic E-state index is -1.56. The molecule has 1 heterocycles. The maximum Gasteiger partial charge on any atom is 0.342 e. The number of hydrogen-bond donors (Lipinski definition) is 6. The quantitative estimate of drug-likeness (QED) is 0.0796. The van der Waals surface area contributed by atoms with Crippen LogP contribution in [0.4, 0.5) is 8.78 Å². The highest BCUT2D eigenvalue weighted by atomic mass is 19.1. The lowest BCUT2D eigenvalue weighted by atomic mass is 9.93. The summed E-state index contributed by atoms with van der Waals surface area (Å²) in [4.78, 5) is 53.7. The summed E-state index contributed by atoms with van der Waals surface area (Å²) >= 11 is 0. The molecule has 1 aromatic heterocycles. The average Bonchev–Trinajstić information content (AvgIpc) is 3.93. The van der Waals surface area contributed by atoms with Crippen molar-refractivity contribution in [3.8, 4) is 11.8 Å². The molecule has 14 heteroatoms. The predicted molar refractivity (Wildman–Crippen MR) is 208 cm³/mol. The smallest absolute Gasteiger partial charge is 0.342 e. The van der Waals surface area contributed by atoms with Crippen LogP contribution in [0.25, 0.3) is 11.0 Å². The highest BCUT2D eigenvalue weighted by Gasteiger charge is 2.42. The molecule has 2 aliphatic rings. The van der Waals surface area contributed by atoms with E-state index < -0.39 is 65.2 Å². The van der Waals surface area contributed by atoms with Gasteiger partial charge in [-0.25, -0.2) is 13.6 Å². The number of halogens is 2. The maximum absolute atomic E-state index is 14.1. The molecule has 12 nitrogen and oxygen atoms in total. The van der Waals surface area contributed by atoms with Crippen LogP contribution in [-0.4, -0.2) is 69.8 Å². The van der Waals surface area contributed by atoms with Crippen molar-refractivity contribution in [3.63, 3.8) is 0 Å². The van der Waals surface area contributed by atoms with Gasteiger partial charge in [-0.15, -0.1) is 0 Å². The van der Waals surface area contributed by atoms with Gasteiger partial charge in [0.25, 0.3) is 0 Å². The second-order valence-electron chi connectivity index (χ2n) is 15.1. The summed E-state index contributed by atoms with van der Waals surface area (Å²) < 4.78 is 40.0. The molecule has 6 rings (SSSR count). The van der Waals surface area contributed by atoms with Crippen LogP contribution in [0.15, 0.2) is 65.1 Å². The summed E-state index contributed by atoms with van der Waals surface area (Å²) in [5.74, 6) is 1.50. The van der Waals surface area contributed by atoms with Gasteiger partial charge in [0.15, 0.2) is 11.3 Å². The number of esters is 1. The van der Waals surface area contributed by atoms with Gasteiger partial charge in [-0.1, -0.05) is 42.2 Å². The Balaban J connectivity index is 1.44. The van der Waals surface area contributed by atoms with Gasteiger partial charge in [0.1, 0.15) is 47.1 Å². The number of amides is 3. The van der Waals surface area contributed by atoms with Crippen molar-refractivity contribution >= 4 is 34.7 Å². The number of carbonyl (C=O) groups excluding carboxylic acids is 4. The molecule has 0 saturated heterocycles. The Bertz CT molecular complexity index is 2200. The molecule has 6 N–H and O–H groups in total. The Labute approximate surface area is 334 Å². The summed E-state index contributed by atoms with van der Waals surface area (Å²) in [6.07, 6.45) is 4.21. The van der Waals surface area contributed by atoms with E-state index in [-0.39, 0.29) is 72.3 Å². The fourth-order valence-corrected chi connectivity index (χ4v) is 7.70. The molecule has 58 heavy (non-hydrogen) atoms. The minimum Gasteiger partial charge on any atom is -0.457 e. The molecule has 2 atom stereocenters. The number of rotatable bonds is 14. The van der Waals surface area contributed by atoms with Crippen LogP contribution in [0.2, 0.25) is 0 Å². The number of nitrogens with one attached hydrogen (secondary N) is 3. The van der Waals surface area contributed by atoms with Gasteiger partial charge in [0.2, 0.25) is 17.7 Å². The monoisotopic (exact) mass is 799 g/mol. The van der Waals surface area contributed by atoms with Crippen molar-refractivity contribution in [2.24, 2.45) is 0 Å². The van der Waals surface area contributed by atoms with Crippen molar-refractivity contribution < 1.29 is 52.4 Å². The Hall–Kier alpha value is -5.62. The fraction of sp³-hybridized carbons (Fsp3) is 0.409. The second kappa shape index (κ2) is 18.3. The van der Waals surface area contributed by atoms with E-state index in [1.165, 1.54) is 6.92 Å². The fourth-order valence-electron chi connectivity index (χ4n) is 7.70. The number of ether oxygens (including phenoxy) is 1. The average molecular weight is 800 g/mol. The zero-order valence-corrected chi connectivity index (χ0v) is 32.2. The van der Waals surface area contributed by atoms with Gasteiger partial charge < -0.3 is 40.4 Å². The van der Waals surface area contributed by atoms with Crippen LogP contribution in [0.3, 0.4) is 0 Å². The van der Waals surface area contributed by atoms with Crippen LogP contribution < -0.4 is 16.0 Å². The molecular formula is C44H47F2N3O9. The summed E-state index contributed by atoms with van der Waals surface area (Å²) in [6, 6.07) is 12.6. The SMILES string of the molecule is CC(=O)N[C@@H](Cc1ccccc1)C(=O)N[C@@H](Cc1cc(C#CC2(O)CCCC2)c2oc(C3(O)CCCC3)c(C(=O)OCc3cc(F)cc(F)c3)c2c1)C(=O)NCCO. The molecule has 2 fully saturated rings. The lowest BCUT2D eigenvalue weighted by Crippen LogP contribution is -2.55. The van der Waals surface area contributed by atoms with Gasteiger partial charge in [-0.2, -0.15) is 0 Å². The van der Waals surface area contributed by atoms with E-state index in [2.05, 4.69) is 27.8 Å². The zero-order valence-electron chi connectivity index (χ0n) is 32.2. The van der Waals surface area contributed by atoms with Gasteiger partial charge >= 0.3 is 5.97 Å². The molecule has 0 radical (unpaired) electrons. The molecule has 3 aromatic carbocycles. The first-order valence-electron chi connectivity index (χ1n) is 19.5. The predicted octanol–water partition coefficient (Wildman–Crippen LogP) is 4.37. The molecule has 306 valence electrons. The third-order valence-corrected chi connectivity index (χ3v) is 10.5. The van der Waals surface area contributed by atoms with Crippen molar-refractivity contribution in [2.75, 3.05) is 13.2 Å². The van der Waals surface area contributed by atoms with Gasteiger partial charge in [-0.05, 0) is 92.3 Å².